The van der Waals surface area contributed by atoms with E-state index in [0.717, 1.165) is 12.0 Å². The Morgan fingerprint density at radius 1 is 1.21 bits per heavy atom. The molecule has 1 N–H and O–H groups in total. The first kappa shape index (κ1) is 8.78. The van der Waals surface area contributed by atoms with E-state index in [2.05, 4.69) is 39.4 Å². The normalized spacial score (nSPS) is 25.4. The molecular weight excluding hydrogens is 238 g/mol. The van der Waals surface area contributed by atoms with Gasteiger partial charge in [0.2, 0.25) is 0 Å². The lowest BCUT2D eigenvalue weighted by molar-refractivity contribution is 0.569. The summed E-state index contributed by atoms with van der Waals surface area (Å²) in [6.45, 7) is 0. The highest BCUT2D eigenvalue weighted by molar-refractivity contribution is 9.10. The molecule has 1 atom stereocenters. The molecule has 1 unspecified atom stereocenters. The van der Waals surface area contributed by atoms with Gasteiger partial charge < -0.3 is 5.32 Å². The van der Waals surface area contributed by atoms with Crippen LogP contribution in [0.4, 0.5) is 5.69 Å². The molecule has 1 saturated carbocycles. The zero-order valence-electron chi connectivity index (χ0n) is 8.09. The molecule has 1 aromatic carbocycles. The van der Waals surface area contributed by atoms with Crippen molar-refractivity contribution in [3.05, 3.63) is 28.2 Å². The summed E-state index contributed by atoms with van der Waals surface area (Å²) in [6, 6.07) is 7.20. The number of fused-ring (bicyclic) bond motifs is 1. The quantitative estimate of drug-likeness (QED) is 0.805. The molecule has 2 aliphatic rings. The lowest BCUT2D eigenvalue weighted by Crippen LogP contribution is -2.27. The monoisotopic (exact) mass is 251 g/mol. The zero-order chi connectivity index (χ0) is 9.54. The maximum Gasteiger partial charge on any atom is 0.0386 e. The highest BCUT2D eigenvalue weighted by atomic mass is 79.9. The van der Waals surface area contributed by atoms with Crippen molar-refractivity contribution in [3.8, 4) is 0 Å². The first-order valence-electron chi connectivity index (χ1n) is 5.38. The molecule has 1 aliphatic carbocycles. The Morgan fingerprint density at radius 2 is 2.07 bits per heavy atom. The van der Waals surface area contributed by atoms with Crippen LogP contribution < -0.4 is 5.32 Å². The maximum absolute atomic E-state index is 3.67. The molecule has 0 saturated heterocycles. The Labute approximate surface area is 93.0 Å². The first-order valence-corrected chi connectivity index (χ1v) is 6.18. The van der Waals surface area contributed by atoms with E-state index < -0.39 is 0 Å². The topological polar surface area (TPSA) is 12.0 Å². The highest BCUT2D eigenvalue weighted by Gasteiger charge is 2.33. The van der Waals surface area contributed by atoms with E-state index in [9.17, 15) is 0 Å². The Bertz CT molecular complexity index is 357. The van der Waals surface area contributed by atoms with Crippen LogP contribution in [0.2, 0.25) is 0 Å². The molecular formula is C12H14BrN. The van der Waals surface area contributed by atoms with E-state index in [0.29, 0.717) is 0 Å². The SMILES string of the molecule is Brc1cccc2c1CCC(C1CC1)N2. The Kier molecular flexibility index (Phi) is 2.05. The van der Waals surface area contributed by atoms with Crippen molar-refractivity contribution in [3.63, 3.8) is 0 Å². The molecule has 3 rings (SSSR count). The Morgan fingerprint density at radius 3 is 2.86 bits per heavy atom. The molecule has 1 aromatic rings. The van der Waals surface area contributed by atoms with Gasteiger partial charge in [-0.2, -0.15) is 0 Å². The number of hydrogen-bond donors (Lipinski definition) is 1. The van der Waals surface area contributed by atoms with Crippen molar-refractivity contribution in [2.75, 3.05) is 5.32 Å². The van der Waals surface area contributed by atoms with Crippen LogP contribution in [-0.4, -0.2) is 6.04 Å². The van der Waals surface area contributed by atoms with Crippen molar-refractivity contribution < 1.29 is 0 Å². The average molecular weight is 252 g/mol. The van der Waals surface area contributed by atoms with Gasteiger partial charge in [0.05, 0.1) is 0 Å². The van der Waals surface area contributed by atoms with E-state index >= 15 is 0 Å². The van der Waals surface area contributed by atoms with Crippen molar-refractivity contribution in [1.82, 2.24) is 0 Å². The predicted molar refractivity (Wildman–Crippen MR) is 62.6 cm³/mol. The Hall–Kier alpha value is -0.500. The van der Waals surface area contributed by atoms with Crippen LogP contribution in [0.1, 0.15) is 24.8 Å². The van der Waals surface area contributed by atoms with Gasteiger partial charge in [0.25, 0.3) is 0 Å². The van der Waals surface area contributed by atoms with Crippen LogP contribution in [0.25, 0.3) is 0 Å². The van der Waals surface area contributed by atoms with Crippen LogP contribution in [0.15, 0.2) is 22.7 Å². The van der Waals surface area contributed by atoms with Crippen LogP contribution in [0.3, 0.4) is 0 Å². The maximum atomic E-state index is 3.67. The second kappa shape index (κ2) is 3.27. The average Bonchev–Trinajstić information content (AvgIpc) is 3.01. The van der Waals surface area contributed by atoms with Crippen molar-refractivity contribution >= 4 is 21.6 Å². The summed E-state index contributed by atoms with van der Waals surface area (Å²) in [5.74, 6) is 0.960. The fourth-order valence-electron chi connectivity index (χ4n) is 2.37. The second-order valence-electron chi connectivity index (χ2n) is 4.39. The van der Waals surface area contributed by atoms with Gasteiger partial charge in [0.1, 0.15) is 0 Å². The van der Waals surface area contributed by atoms with Gasteiger partial charge in [-0.05, 0) is 49.3 Å². The largest absolute Gasteiger partial charge is 0.382 e. The van der Waals surface area contributed by atoms with E-state index in [1.807, 2.05) is 0 Å². The van der Waals surface area contributed by atoms with Crippen molar-refractivity contribution in [1.29, 1.82) is 0 Å². The summed E-state index contributed by atoms with van der Waals surface area (Å²) in [6.07, 6.45) is 5.40. The van der Waals surface area contributed by atoms with E-state index in [-0.39, 0.29) is 0 Å². The van der Waals surface area contributed by atoms with E-state index in [4.69, 9.17) is 0 Å². The second-order valence-corrected chi connectivity index (χ2v) is 5.25. The summed E-state index contributed by atoms with van der Waals surface area (Å²) >= 11 is 3.61. The minimum Gasteiger partial charge on any atom is -0.382 e. The van der Waals surface area contributed by atoms with Gasteiger partial charge in [-0.25, -0.2) is 0 Å². The molecule has 0 spiro atoms. The lowest BCUT2D eigenvalue weighted by atomic mass is 9.95. The molecule has 2 heteroatoms. The molecule has 0 bridgehead atoms. The van der Waals surface area contributed by atoms with Gasteiger partial charge in [0, 0.05) is 16.2 Å². The lowest BCUT2D eigenvalue weighted by Gasteiger charge is -2.27. The van der Waals surface area contributed by atoms with Crippen LogP contribution >= 0.6 is 15.9 Å². The van der Waals surface area contributed by atoms with E-state index in [1.54, 1.807) is 0 Å². The predicted octanol–water partition coefficient (Wildman–Crippen LogP) is 3.59. The molecule has 1 aliphatic heterocycles. The summed E-state index contributed by atoms with van der Waals surface area (Å²) in [5.41, 5.74) is 2.81. The number of hydrogen-bond acceptors (Lipinski definition) is 1. The minimum atomic E-state index is 0.747. The molecule has 1 nitrogen and oxygen atoms in total. The van der Waals surface area contributed by atoms with Gasteiger partial charge >= 0.3 is 0 Å². The smallest absolute Gasteiger partial charge is 0.0386 e. The van der Waals surface area contributed by atoms with Crippen LogP contribution in [0, 0.1) is 5.92 Å². The van der Waals surface area contributed by atoms with Crippen molar-refractivity contribution in [2.24, 2.45) is 5.92 Å². The highest BCUT2D eigenvalue weighted by Crippen LogP contribution is 2.40. The molecule has 0 aromatic heterocycles. The van der Waals surface area contributed by atoms with Crippen molar-refractivity contribution in [2.45, 2.75) is 31.7 Å². The third-order valence-electron chi connectivity index (χ3n) is 3.36. The number of nitrogens with one attached hydrogen (secondary N) is 1. The first-order chi connectivity index (χ1) is 6.84. The Balaban J connectivity index is 1.90. The van der Waals surface area contributed by atoms with Gasteiger partial charge in [0.15, 0.2) is 0 Å². The summed E-state index contributed by atoms with van der Waals surface area (Å²) in [7, 11) is 0. The van der Waals surface area contributed by atoms with Crippen LogP contribution in [-0.2, 0) is 6.42 Å². The summed E-state index contributed by atoms with van der Waals surface area (Å²) in [4.78, 5) is 0. The molecule has 1 heterocycles. The van der Waals surface area contributed by atoms with Gasteiger partial charge in [-0.3, -0.25) is 0 Å². The zero-order valence-corrected chi connectivity index (χ0v) is 9.68. The molecule has 0 radical (unpaired) electrons. The van der Waals surface area contributed by atoms with Gasteiger partial charge in [-0.1, -0.05) is 22.0 Å². The third kappa shape index (κ3) is 1.46. The fourth-order valence-corrected chi connectivity index (χ4v) is 2.94. The molecule has 1 fully saturated rings. The molecule has 0 amide bonds. The van der Waals surface area contributed by atoms with Crippen LogP contribution in [0.5, 0.6) is 0 Å². The molecule has 14 heavy (non-hydrogen) atoms. The summed E-state index contributed by atoms with van der Waals surface area (Å²) < 4.78 is 1.26. The summed E-state index contributed by atoms with van der Waals surface area (Å²) in [5, 5.41) is 3.67. The van der Waals surface area contributed by atoms with Gasteiger partial charge in [-0.15, -0.1) is 0 Å². The minimum absolute atomic E-state index is 0.747. The fraction of sp³-hybridized carbons (Fsp3) is 0.500. The number of anilines is 1. The third-order valence-corrected chi connectivity index (χ3v) is 4.10. The standard InChI is InChI=1S/C12H14BrN/c13-10-2-1-3-12-9(10)6-7-11(14-12)8-4-5-8/h1-3,8,11,14H,4-7H2. The molecule has 74 valence electrons. The number of halogens is 1. The number of rotatable bonds is 1. The van der Waals surface area contributed by atoms with E-state index in [1.165, 1.54) is 41.4 Å². The number of benzene rings is 1.